The molecular formula is C16H9Cl2N3O3S. The molecule has 0 saturated heterocycles. The van der Waals surface area contributed by atoms with Crippen molar-refractivity contribution in [2.24, 2.45) is 0 Å². The second-order valence-corrected chi connectivity index (χ2v) is 6.67. The molecule has 126 valence electrons. The highest BCUT2D eigenvalue weighted by atomic mass is 35.5. The summed E-state index contributed by atoms with van der Waals surface area (Å²) >= 11 is 12.3. The minimum absolute atomic E-state index is 0.0206. The van der Waals surface area contributed by atoms with Crippen LogP contribution in [0.3, 0.4) is 0 Å². The van der Waals surface area contributed by atoms with E-state index >= 15 is 0 Å². The third-order valence-electron chi connectivity index (χ3n) is 3.15. The minimum atomic E-state index is -0.767. The van der Waals surface area contributed by atoms with Crippen LogP contribution in [0.2, 0.25) is 10.0 Å². The largest absolute Gasteiger partial charge is 0.367 e. The molecule has 0 atom stereocenters. The molecule has 2 aromatic carbocycles. The molecule has 3 rings (SSSR count). The number of aromatic nitrogens is 2. The minimum Gasteiger partial charge on any atom is -0.297 e. The fourth-order valence-electron chi connectivity index (χ4n) is 1.94. The third-order valence-corrected chi connectivity index (χ3v) is 4.53. The Hall–Kier alpha value is -2.48. The maximum absolute atomic E-state index is 12.3. The van der Waals surface area contributed by atoms with Gasteiger partial charge < -0.3 is 0 Å². The van der Waals surface area contributed by atoms with Crippen LogP contribution in [0.5, 0.6) is 0 Å². The highest BCUT2D eigenvalue weighted by Gasteiger charge is 2.17. The van der Waals surface area contributed by atoms with Gasteiger partial charge in [0.2, 0.25) is 5.13 Å². The van der Waals surface area contributed by atoms with Crippen molar-refractivity contribution in [3.63, 3.8) is 0 Å². The molecule has 0 unspecified atom stereocenters. The van der Waals surface area contributed by atoms with Gasteiger partial charge in [0.05, 0.1) is 0 Å². The van der Waals surface area contributed by atoms with Crippen molar-refractivity contribution in [1.82, 2.24) is 8.94 Å². The Balaban J connectivity index is 1.81. The van der Waals surface area contributed by atoms with E-state index in [1.54, 1.807) is 24.3 Å². The van der Waals surface area contributed by atoms with Crippen LogP contribution in [-0.4, -0.2) is 20.8 Å². The smallest absolute Gasteiger partial charge is 0.297 e. The van der Waals surface area contributed by atoms with Gasteiger partial charge in [-0.15, -0.1) is 0 Å². The van der Waals surface area contributed by atoms with Gasteiger partial charge in [-0.05, 0) is 60.1 Å². The molecule has 0 spiro atoms. The van der Waals surface area contributed by atoms with E-state index in [9.17, 15) is 14.4 Å². The first kappa shape index (κ1) is 17.3. The van der Waals surface area contributed by atoms with E-state index in [1.807, 2.05) is 0 Å². The van der Waals surface area contributed by atoms with Crippen LogP contribution >= 0.6 is 34.7 Å². The zero-order valence-corrected chi connectivity index (χ0v) is 14.7. The van der Waals surface area contributed by atoms with Crippen LogP contribution in [0.15, 0.2) is 53.3 Å². The molecule has 1 heterocycles. The average molecular weight is 394 g/mol. The van der Waals surface area contributed by atoms with Crippen LogP contribution in [0.4, 0.5) is 5.13 Å². The van der Waals surface area contributed by atoms with Crippen LogP contribution in [-0.2, 0) is 0 Å². The maximum Gasteiger partial charge on any atom is 0.367 e. The van der Waals surface area contributed by atoms with Crippen molar-refractivity contribution in [2.75, 3.05) is 5.32 Å². The second kappa shape index (κ2) is 7.18. The topological polar surface area (TPSA) is 81.1 Å². The summed E-state index contributed by atoms with van der Waals surface area (Å²) in [6.07, 6.45) is 0. The molecule has 1 amide bonds. The first-order valence-electron chi connectivity index (χ1n) is 6.91. The molecule has 1 N–H and O–H groups in total. The summed E-state index contributed by atoms with van der Waals surface area (Å²) < 4.78 is 0.862. The molecule has 1 aromatic heterocycles. The second-order valence-electron chi connectivity index (χ2n) is 4.86. The zero-order valence-electron chi connectivity index (χ0n) is 12.4. The number of amides is 1. The number of hydrogen-bond donors (Lipinski definition) is 1. The molecule has 25 heavy (non-hydrogen) atoms. The van der Waals surface area contributed by atoms with Crippen molar-refractivity contribution in [3.05, 3.63) is 80.2 Å². The standard InChI is InChI=1S/C16H9Cl2N3O3S/c17-11-5-1-9(2-6-11)13(22)19-15-20-16(24)21(25-15)14(23)10-3-7-12(18)8-4-10/h1-8H,(H,19,20,22,24). The Morgan fingerprint density at radius 2 is 1.44 bits per heavy atom. The average Bonchev–Trinajstić information content (AvgIpc) is 2.95. The molecular weight excluding hydrogens is 385 g/mol. The monoisotopic (exact) mass is 393 g/mol. The van der Waals surface area contributed by atoms with E-state index in [0.29, 0.717) is 15.6 Å². The number of nitrogens with one attached hydrogen (secondary N) is 1. The van der Waals surface area contributed by atoms with Gasteiger partial charge in [-0.1, -0.05) is 23.2 Å². The summed E-state index contributed by atoms with van der Waals surface area (Å²) in [6.45, 7) is 0. The predicted octanol–water partition coefficient (Wildman–Crippen LogP) is 3.55. The number of anilines is 1. The van der Waals surface area contributed by atoms with Crippen molar-refractivity contribution in [2.45, 2.75) is 0 Å². The van der Waals surface area contributed by atoms with Gasteiger partial charge in [-0.25, -0.2) is 4.79 Å². The zero-order chi connectivity index (χ0) is 18.0. The van der Waals surface area contributed by atoms with Crippen molar-refractivity contribution < 1.29 is 9.59 Å². The third kappa shape index (κ3) is 3.96. The Morgan fingerprint density at radius 1 is 0.920 bits per heavy atom. The molecule has 0 bridgehead atoms. The molecule has 3 aromatic rings. The number of carbonyl (C=O) groups is 2. The van der Waals surface area contributed by atoms with Crippen LogP contribution in [0.25, 0.3) is 0 Å². The lowest BCUT2D eigenvalue weighted by Crippen LogP contribution is -2.23. The highest BCUT2D eigenvalue weighted by Crippen LogP contribution is 2.16. The predicted molar refractivity (Wildman–Crippen MR) is 97.0 cm³/mol. The van der Waals surface area contributed by atoms with Gasteiger partial charge in [0.15, 0.2) is 0 Å². The van der Waals surface area contributed by atoms with E-state index in [-0.39, 0.29) is 10.7 Å². The summed E-state index contributed by atoms with van der Waals surface area (Å²) in [7, 11) is 0. The summed E-state index contributed by atoms with van der Waals surface area (Å²) in [6, 6.07) is 12.3. The quantitative estimate of drug-likeness (QED) is 0.737. The van der Waals surface area contributed by atoms with Crippen LogP contribution in [0.1, 0.15) is 20.7 Å². The van der Waals surface area contributed by atoms with Crippen molar-refractivity contribution >= 4 is 51.7 Å². The van der Waals surface area contributed by atoms with Gasteiger partial charge in [0, 0.05) is 21.2 Å². The van der Waals surface area contributed by atoms with Crippen molar-refractivity contribution in [3.8, 4) is 0 Å². The fourth-order valence-corrected chi connectivity index (χ4v) is 2.93. The first-order valence-corrected chi connectivity index (χ1v) is 8.44. The van der Waals surface area contributed by atoms with Gasteiger partial charge in [0.25, 0.3) is 11.8 Å². The Kier molecular flexibility index (Phi) is 4.98. The fraction of sp³-hybridized carbons (Fsp3) is 0. The SMILES string of the molecule is O=C(Nc1nc(=O)n(C(=O)c2ccc(Cl)cc2)s1)c1ccc(Cl)cc1. The summed E-state index contributed by atoms with van der Waals surface area (Å²) in [5, 5.41) is 3.48. The lowest BCUT2D eigenvalue weighted by atomic mass is 10.2. The van der Waals surface area contributed by atoms with Gasteiger partial charge in [-0.3, -0.25) is 14.9 Å². The van der Waals surface area contributed by atoms with E-state index in [0.717, 1.165) is 15.5 Å². The number of carbonyl (C=O) groups excluding carboxylic acids is 2. The Labute approximate surface area is 155 Å². The molecule has 0 aliphatic heterocycles. The number of benzene rings is 2. The van der Waals surface area contributed by atoms with Crippen LogP contribution in [0, 0.1) is 0 Å². The van der Waals surface area contributed by atoms with Crippen LogP contribution < -0.4 is 11.0 Å². The Bertz CT molecular complexity index is 995. The molecule has 0 saturated carbocycles. The van der Waals surface area contributed by atoms with Gasteiger partial charge in [-0.2, -0.15) is 8.94 Å². The number of nitrogens with zero attached hydrogens (tertiary/aromatic N) is 2. The molecule has 0 aliphatic rings. The normalized spacial score (nSPS) is 10.5. The molecule has 6 nitrogen and oxygen atoms in total. The molecule has 0 radical (unpaired) electrons. The van der Waals surface area contributed by atoms with Gasteiger partial charge >= 0.3 is 5.69 Å². The molecule has 9 heteroatoms. The number of hydrogen-bond acceptors (Lipinski definition) is 5. The maximum atomic E-state index is 12.3. The lowest BCUT2D eigenvalue weighted by molar-refractivity contribution is 0.0966. The summed E-state index contributed by atoms with van der Waals surface area (Å²) in [4.78, 5) is 40.1. The molecule has 0 aliphatic carbocycles. The van der Waals surface area contributed by atoms with E-state index in [4.69, 9.17) is 23.2 Å². The number of rotatable bonds is 3. The van der Waals surface area contributed by atoms with E-state index in [2.05, 4.69) is 10.3 Å². The summed E-state index contributed by atoms with van der Waals surface area (Å²) in [5.41, 5.74) is -0.135. The van der Waals surface area contributed by atoms with E-state index < -0.39 is 17.5 Å². The summed E-state index contributed by atoms with van der Waals surface area (Å²) in [5.74, 6) is -1.01. The van der Waals surface area contributed by atoms with Gasteiger partial charge in [0.1, 0.15) is 0 Å². The number of halogens is 2. The highest BCUT2D eigenvalue weighted by molar-refractivity contribution is 7.11. The first-order chi connectivity index (χ1) is 11.9. The van der Waals surface area contributed by atoms with Crippen molar-refractivity contribution in [1.29, 1.82) is 0 Å². The lowest BCUT2D eigenvalue weighted by Gasteiger charge is -2.01. The molecule has 0 fully saturated rings. The Morgan fingerprint density at radius 3 is 2.00 bits per heavy atom. The van der Waals surface area contributed by atoms with E-state index in [1.165, 1.54) is 24.3 Å².